The van der Waals surface area contributed by atoms with Gasteiger partial charge in [0, 0.05) is 16.7 Å². The van der Waals surface area contributed by atoms with Gasteiger partial charge in [0.05, 0.1) is 5.51 Å². The summed E-state index contributed by atoms with van der Waals surface area (Å²) in [6, 6.07) is -0.983. The van der Waals surface area contributed by atoms with Gasteiger partial charge in [-0.05, 0) is 32.4 Å². The second-order valence-corrected chi connectivity index (χ2v) is 10.1. The number of hydrogen-bond donors (Lipinski definition) is 2. The first kappa shape index (κ1) is 25.7. The smallest absolute Gasteiger partial charge is 0.352 e. The summed E-state index contributed by atoms with van der Waals surface area (Å²) >= 11 is 8.08. The van der Waals surface area contributed by atoms with Crippen molar-refractivity contribution in [3.05, 3.63) is 39.5 Å². The Labute approximate surface area is 207 Å². The van der Waals surface area contributed by atoms with Crippen molar-refractivity contribution >= 4 is 64.2 Å². The highest BCUT2D eigenvalue weighted by atomic mass is 35.5. The predicted molar refractivity (Wildman–Crippen MR) is 125 cm³/mol. The number of carboxylic acids is 1. The Bertz CT molecular complexity index is 1080. The lowest BCUT2D eigenvalue weighted by molar-refractivity contribution is -0.160. The first-order valence-electron chi connectivity index (χ1n) is 9.82. The SMILES string of the molecule is CC(C)(C)OC(=O)CON=C(C(=O)NC1C(=O)N2C(C(=O)O)=C(C=CCl)CS[C@@H]12)c1cscn1. The predicted octanol–water partition coefficient (Wildman–Crippen LogP) is 1.70. The minimum Gasteiger partial charge on any atom is -0.477 e. The van der Waals surface area contributed by atoms with Crippen LogP contribution in [0.5, 0.6) is 0 Å². The molecule has 3 heterocycles. The molecule has 2 aliphatic rings. The molecule has 182 valence electrons. The van der Waals surface area contributed by atoms with E-state index in [1.807, 2.05) is 0 Å². The highest BCUT2D eigenvalue weighted by molar-refractivity contribution is 8.00. The van der Waals surface area contributed by atoms with Crippen LogP contribution < -0.4 is 5.32 Å². The molecular weight excluding hydrogens is 508 g/mol. The van der Waals surface area contributed by atoms with Gasteiger partial charge >= 0.3 is 11.9 Å². The van der Waals surface area contributed by atoms with E-state index in [1.165, 1.54) is 40.2 Å². The number of aromatic nitrogens is 1. The number of carbonyl (C=O) groups is 4. The molecule has 34 heavy (non-hydrogen) atoms. The number of nitrogens with one attached hydrogen (secondary N) is 1. The van der Waals surface area contributed by atoms with Gasteiger partial charge in [-0.25, -0.2) is 14.6 Å². The molecule has 1 fully saturated rings. The normalized spacial score (nSPS) is 20.6. The Morgan fingerprint density at radius 2 is 2.15 bits per heavy atom. The molecule has 2 atom stereocenters. The van der Waals surface area contributed by atoms with Crippen molar-refractivity contribution in [2.45, 2.75) is 37.8 Å². The standard InChI is InChI=1S/C20H21ClN4O7S2/c1-20(2,3)32-12(26)6-31-24-13(11-8-33-9-22-11)16(27)23-14-17(28)25-15(19(29)30)10(4-5-21)7-34-18(14)25/h4-5,8-9,14,18H,6-7H2,1-3H3,(H,23,27)(H,29,30)/t14?,18-/m0/s1. The van der Waals surface area contributed by atoms with Gasteiger partial charge in [-0.2, -0.15) is 0 Å². The lowest BCUT2D eigenvalue weighted by atomic mass is 10.0. The van der Waals surface area contributed by atoms with Gasteiger partial charge in [-0.1, -0.05) is 16.8 Å². The lowest BCUT2D eigenvalue weighted by Crippen LogP contribution is -2.71. The van der Waals surface area contributed by atoms with Crippen molar-refractivity contribution in [2.24, 2.45) is 5.16 Å². The minimum atomic E-state index is -1.27. The molecule has 2 amide bonds. The number of oxime groups is 1. The molecule has 2 N–H and O–H groups in total. The zero-order valence-corrected chi connectivity index (χ0v) is 20.7. The zero-order chi connectivity index (χ0) is 25.0. The number of esters is 1. The van der Waals surface area contributed by atoms with Crippen LogP contribution in [0.15, 0.2) is 38.9 Å². The van der Waals surface area contributed by atoms with Gasteiger partial charge in [0.2, 0.25) is 6.61 Å². The Morgan fingerprint density at radius 1 is 1.41 bits per heavy atom. The van der Waals surface area contributed by atoms with E-state index in [9.17, 15) is 24.3 Å². The summed E-state index contributed by atoms with van der Waals surface area (Å²) in [7, 11) is 0. The number of carbonyl (C=O) groups excluding carboxylic acids is 3. The number of fused-ring (bicyclic) bond motifs is 1. The minimum absolute atomic E-state index is 0.176. The summed E-state index contributed by atoms with van der Waals surface area (Å²) in [5.41, 5.74) is 2.11. The average Bonchev–Trinajstić information content (AvgIpc) is 3.27. The second-order valence-electron chi connectivity index (χ2n) is 8.01. The van der Waals surface area contributed by atoms with E-state index in [-0.39, 0.29) is 22.9 Å². The maximum Gasteiger partial charge on any atom is 0.352 e. The van der Waals surface area contributed by atoms with Crippen LogP contribution in [0.1, 0.15) is 26.5 Å². The monoisotopic (exact) mass is 528 g/mol. The van der Waals surface area contributed by atoms with Crippen LogP contribution in [0.4, 0.5) is 0 Å². The van der Waals surface area contributed by atoms with Crippen molar-refractivity contribution in [1.82, 2.24) is 15.2 Å². The van der Waals surface area contributed by atoms with E-state index < -0.39 is 47.4 Å². The third-order valence-electron chi connectivity index (χ3n) is 4.40. The van der Waals surface area contributed by atoms with Gasteiger partial charge in [-0.15, -0.1) is 23.1 Å². The van der Waals surface area contributed by atoms with Gasteiger partial charge in [0.15, 0.2) is 5.71 Å². The number of aliphatic carboxylic acids is 1. The first-order chi connectivity index (χ1) is 16.0. The van der Waals surface area contributed by atoms with Crippen LogP contribution in [-0.4, -0.2) is 73.8 Å². The molecule has 0 radical (unpaired) electrons. The van der Waals surface area contributed by atoms with E-state index in [2.05, 4.69) is 15.5 Å². The number of carboxylic acid groups (broad SMARTS) is 1. The third-order valence-corrected chi connectivity index (χ3v) is 6.41. The molecule has 14 heteroatoms. The highest BCUT2D eigenvalue weighted by Crippen LogP contribution is 2.40. The maximum absolute atomic E-state index is 12.9. The fourth-order valence-corrected chi connectivity index (χ4v) is 5.12. The molecule has 1 aromatic heterocycles. The highest BCUT2D eigenvalue weighted by Gasteiger charge is 2.54. The third kappa shape index (κ3) is 5.77. The lowest BCUT2D eigenvalue weighted by Gasteiger charge is -2.49. The molecule has 0 aromatic carbocycles. The van der Waals surface area contributed by atoms with Crippen molar-refractivity contribution in [2.75, 3.05) is 12.4 Å². The Kier molecular flexibility index (Phi) is 8.00. The summed E-state index contributed by atoms with van der Waals surface area (Å²) in [5.74, 6) is -3.00. The van der Waals surface area contributed by atoms with Crippen LogP contribution >= 0.6 is 34.7 Å². The molecule has 3 rings (SSSR count). The van der Waals surface area contributed by atoms with Crippen molar-refractivity contribution < 1.29 is 33.9 Å². The summed E-state index contributed by atoms with van der Waals surface area (Å²) in [5, 5.41) is 16.8. The quantitative estimate of drug-likeness (QED) is 0.222. The summed E-state index contributed by atoms with van der Waals surface area (Å²) in [4.78, 5) is 59.4. The molecular formula is C20H21ClN4O7S2. The summed E-state index contributed by atoms with van der Waals surface area (Å²) in [6.07, 6.45) is 1.42. The van der Waals surface area contributed by atoms with Gasteiger partial charge in [-0.3, -0.25) is 14.5 Å². The van der Waals surface area contributed by atoms with Crippen LogP contribution in [0.2, 0.25) is 0 Å². The van der Waals surface area contributed by atoms with Crippen molar-refractivity contribution in [3.63, 3.8) is 0 Å². The van der Waals surface area contributed by atoms with Gasteiger partial charge < -0.3 is 20.0 Å². The van der Waals surface area contributed by atoms with E-state index in [1.54, 1.807) is 26.2 Å². The average molecular weight is 529 g/mol. The van der Waals surface area contributed by atoms with Crippen LogP contribution in [0.3, 0.4) is 0 Å². The van der Waals surface area contributed by atoms with Gasteiger partial charge in [0.25, 0.3) is 11.8 Å². The zero-order valence-electron chi connectivity index (χ0n) is 18.3. The summed E-state index contributed by atoms with van der Waals surface area (Å²) < 4.78 is 5.12. The molecule has 1 aromatic rings. The largest absolute Gasteiger partial charge is 0.477 e. The fraction of sp³-hybridized carbons (Fsp3) is 0.400. The number of thiazole rings is 1. The number of amides is 2. The molecule has 0 saturated carbocycles. The topological polar surface area (TPSA) is 147 Å². The number of allylic oxidation sites excluding steroid dienone is 1. The van der Waals surface area contributed by atoms with E-state index in [4.69, 9.17) is 21.2 Å². The van der Waals surface area contributed by atoms with Crippen LogP contribution in [0, 0.1) is 0 Å². The summed E-state index contributed by atoms with van der Waals surface area (Å²) in [6.45, 7) is 4.57. The Balaban J connectivity index is 1.73. The van der Waals surface area contributed by atoms with Crippen molar-refractivity contribution in [1.29, 1.82) is 0 Å². The number of ether oxygens (including phenoxy) is 1. The van der Waals surface area contributed by atoms with E-state index in [0.717, 1.165) is 4.90 Å². The second kappa shape index (κ2) is 10.6. The number of hydrogen-bond acceptors (Lipinski definition) is 10. The molecule has 1 saturated heterocycles. The molecule has 0 aliphatic carbocycles. The van der Waals surface area contributed by atoms with E-state index in [0.29, 0.717) is 5.57 Å². The first-order valence-corrected chi connectivity index (χ1v) is 12.3. The number of rotatable bonds is 8. The van der Waals surface area contributed by atoms with Crippen LogP contribution in [-0.2, 0) is 28.8 Å². The number of β-lactam (4-membered cyclic amide) rings is 1. The number of nitrogens with zero attached hydrogens (tertiary/aromatic N) is 3. The Hall–Kier alpha value is -2.90. The molecule has 11 nitrogen and oxygen atoms in total. The maximum atomic E-state index is 12.9. The van der Waals surface area contributed by atoms with E-state index >= 15 is 0 Å². The van der Waals surface area contributed by atoms with Crippen LogP contribution in [0.25, 0.3) is 0 Å². The number of halogens is 1. The van der Waals surface area contributed by atoms with Crippen molar-refractivity contribution in [3.8, 4) is 0 Å². The fourth-order valence-electron chi connectivity index (χ4n) is 3.11. The Morgan fingerprint density at radius 3 is 2.74 bits per heavy atom. The van der Waals surface area contributed by atoms with Gasteiger partial charge in [0.1, 0.15) is 28.4 Å². The molecule has 0 spiro atoms. The molecule has 1 unspecified atom stereocenters. The molecule has 2 aliphatic heterocycles. The number of thioether (sulfide) groups is 1. The molecule has 0 bridgehead atoms.